The highest BCUT2D eigenvalue weighted by Crippen LogP contribution is 2.15. The molecule has 0 saturated heterocycles. The first-order valence-corrected chi connectivity index (χ1v) is 6.00. The van der Waals surface area contributed by atoms with Gasteiger partial charge in [-0.25, -0.2) is 4.79 Å². The molecule has 1 atom stereocenters. The van der Waals surface area contributed by atoms with E-state index in [1.165, 1.54) is 19.1 Å². The number of hydrogen-bond donors (Lipinski definition) is 4. The molecule has 0 aliphatic carbocycles. The van der Waals surface area contributed by atoms with Gasteiger partial charge in [0.15, 0.2) is 0 Å². The lowest BCUT2D eigenvalue weighted by atomic mass is 10.1. The maximum atomic E-state index is 12.1. The second kappa shape index (κ2) is 7.04. The van der Waals surface area contributed by atoms with Crippen molar-refractivity contribution in [3.05, 3.63) is 29.8 Å². The van der Waals surface area contributed by atoms with E-state index in [4.69, 9.17) is 10.8 Å². The highest BCUT2D eigenvalue weighted by atomic mass is 16.4. The molecule has 1 rings (SSSR count). The van der Waals surface area contributed by atoms with Gasteiger partial charge in [-0.1, -0.05) is 12.1 Å². The van der Waals surface area contributed by atoms with Gasteiger partial charge in [-0.3, -0.25) is 14.4 Å². The van der Waals surface area contributed by atoms with Gasteiger partial charge in [0.1, 0.15) is 6.04 Å². The molecule has 21 heavy (non-hydrogen) atoms. The first-order valence-electron chi connectivity index (χ1n) is 6.00. The van der Waals surface area contributed by atoms with Gasteiger partial charge >= 0.3 is 5.97 Å². The summed E-state index contributed by atoms with van der Waals surface area (Å²) in [7, 11) is 0. The Morgan fingerprint density at radius 3 is 2.38 bits per heavy atom. The third kappa shape index (κ3) is 4.94. The van der Waals surface area contributed by atoms with Crippen LogP contribution < -0.4 is 16.4 Å². The number of anilines is 1. The van der Waals surface area contributed by atoms with Crippen LogP contribution in [0.3, 0.4) is 0 Å². The molecule has 0 aliphatic rings. The normalized spacial score (nSPS) is 11.3. The quantitative estimate of drug-likeness (QED) is 0.570. The number of carbonyl (C=O) groups excluding carboxylic acids is 3. The summed E-state index contributed by atoms with van der Waals surface area (Å²) >= 11 is 0. The maximum Gasteiger partial charge on any atom is 0.326 e. The van der Waals surface area contributed by atoms with Crippen LogP contribution in [0.25, 0.3) is 0 Å². The van der Waals surface area contributed by atoms with Crippen molar-refractivity contribution in [2.45, 2.75) is 19.4 Å². The molecule has 8 nitrogen and oxygen atoms in total. The van der Waals surface area contributed by atoms with Crippen LogP contribution in [0.4, 0.5) is 5.69 Å². The second-order valence-corrected chi connectivity index (χ2v) is 4.26. The van der Waals surface area contributed by atoms with Crippen molar-refractivity contribution >= 4 is 29.4 Å². The van der Waals surface area contributed by atoms with Gasteiger partial charge in [-0.15, -0.1) is 0 Å². The van der Waals surface area contributed by atoms with E-state index >= 15 is 0 Å². The molecular weight excluding hydrogens is 278 g/mol. The predicted octanol–water partition coefficient (Wildman–Crippen LogP) is -0.297. The average molecular weight is 293 g/mol. The first-order chi connectivity index (χ1) is 9.81. The van der Waals surface area contributed by atoms with Crippen molar-refractivity contribution in [3.63, 3.8) is 0 Å². The summed E-state index contributed by atoms with van der Waals surface area (Å²) < 4.78 is 0. The van der Waals surface area contributed by atoms with Crippen LogP contribution in [0.5, 0.6) is 0 Å². The lowest BCUT2D eigenvalue weighted by Gasteiger charge is -2.15. The molecule has 0 fully saturated rings. The summed E-state index contributed by atoms with van der Waals surface area (Å²) in [6, 6.07) is 4.66. The van der Waals surface area contributed by atoms with E-state index in [1.54, 1.807) is 12.1 Å². The van der Waals surface area contributed by atoms with E-state index in [-0.39, 0.29) is 17.2 Å². The summed E-state index contributed by atoms with van der Waals surface area (Å²) in [4.78, 5) is 44.9. The molecule has 0 heterocycles. The minimum atomic E-state index is -1.43. The van der Waals surface area contributed by atoms with Crippen molar-refractivity contribution in [1.29, 1.82) is 0 Å². The fourth-order valence-electron chi connectivity index (χ4n) is 1.62. The molecule has 0 bridgehead atoms. The fraction of sp³-hybridized carbons (Fsp3) is 0.231. The van der Waals surface area contributed by atoms with Crippen molar-refractivity contribution in [1.82, 2.24) is 5.32 Å². The predicted molar refractivity (Wildman–Crippen MR) is 73.4 cm³/mol. The topological polar surface area (TPSA) is 139 Å². The molecule has 0 unspecified atom stereocenters. The van der Waals surface area contributed by atoms with Crippen molar-refractivity contribution in [2.75, 3.05) is 5.32 Å². The number of para-hydroxylation sites is 1. The lowest BCUT2D eigenvalue weighted by molar-refractivity contribution is -0.140. The van der Waals surface area contributed by atoms with Gasteiger partial charge in [0.2, 0.25) is 11.8 Å². The minimum Gasteiger partial charge on any atom is -0.480 e. The van der Waals surface area contributed by atoms with Gasteiger partial charge in [0, 0.05) is 6.92 Å². The van der Waals surface area contributed by atoms with Gasteiger partial charge in [-0.05, 0) is 12.1 Å². The van der Waals surface area contributed by atoms with Gasteiger partial charge in [0.25, 0.3) is 5.91 Å². The molecule has 0 saturated carbocycles. The molecule has 0 spiro atoms. The Morgan fingerprint density at radius 1 is 1.24 bits per heavy atom. The lowest BCUT2D eigenvalue weighted by Crippen LogP contribution is -2.43. The third-order valence-corrected chi connectivity index (χ3v) is 2.49. The monoisotopic (exact) mass is 293 g/mol. The first kappa shape index (κ1) is 16.2. The van der Waals surface area contributed by atoms with Crippen LogP contribution in [-0.4, -0.2) is 34.8 Å². The number of hydrogen-bond acceptors (Lipinski definition) is 4. The van der Waals surface area contributed by atoms with Crippen LogP contribution in [-0.2, 0) is 14.4 Å². The Balaban J connectivity index is 2.94. The van der Waals surface area contributed by atoms with E-state index in [0.29, 0.717) is 0 Å². The molecule has 8 heteroatoms. The van der Waals surface area contributed by atoms with Gasteiger partial charge in [-0.2, -0.15) is 0 Å². The Labute approximate surface area is 120 Å². The molecule has 1 aromatic carbocycles. The van der Waals surface area contributed by atoms with Crippen molar-refractivity contribution in [2.24, 2.45) is 5.73 Å². The largest absolute Gasteiger partial charge is 0.480 e. The van der Waals surface area contributed by atoms with Crippen LogP contribution in [0.2, 0.25) is 0 Å². The molecule has 0 aromatic heterocycles. The summed E-state index contributed by atoms with van der Waals surface area (Å²) in [6.07, 6.45) is -0.524. The zero-order valence-electron chi connectivity index (χ0n) is 11.3. The summed E-state index contributed by atoms with van der Waals surface area (Å²) in [5, 5.41) is 13.6. The van der Waals surface area contributed by atoms with E-state index in [1.807, 2.05) is 0 Å². The third-order valence-electron chi connectivity index (χ3n) is 2.49. The number of nitrogens with one attached hydrogen (secondary N) is 2. The summed E-state index contributed by atoms with van der Waals surface area (Å²) in [5.41, 5.74) is 5.26. The van der Waals surface area contributed by atoms with Crippen LogP contribution >= 0.6 is 0 Å². The van der Waals surface area contributed by atoms with Crippen molar-refractivity contribution < 1.29 is 24.3 Å². The fourth-order valence-corrected chi connectivity index (χ4v) is 1.62. The molecule has 0 aliphatic heterocycles. The van der Waals surface area contributed by atoms with Crippen LogP contribution in [0.15, 0.2) is 24.3 Å². The Morgan fingerprint density at radius 2 is 1.86 bits per heavy atom. The summed E-state index contributed by atoms with van der Waals surface area (Å²) in [5.74, 6) is -3.33. The number of nitrogens with two attached hydrogens (primary N) is 1. The second-order valence-electron chi connectivity index (χ2n) is 4.26. The molecule has 1 aromatic rings. The molecular formula is C13H15N3O5. The zero-order valence-corrected chi connectivity index (χ0v) is 11.3. The summed E-state index contributed by atoms with van der Waals surface area (Å²) in [6.45, 7) is 1.28. The number of amides is 3. The Bertz CT molecular complexity index is 585. The van der Waals surface area contributed by atoms with E-state index in [0.717, 1.165) is 0 Å². The van der Waals surface area contributed by atoms with Gasteiger partial charge < -0.3 is 21.5 Å². The number of carboxylic acid groups (broad SMARTS) is 1. The zero-order chi connectivity index (χ0) is 16.0. The molecule has 0 radical (unpaired) electrons. The Hall–Kier alpha value is -2.90. The highest BCUT2D eigenvalue weighted by Gasteiger charge is 2.23. The standard InChI is InChI=1S/C13H15N3O5/c1-7(17)15-9-5-3-2-4-8(9)12(19)16-10(13(20)21)6-11(14)18/h2-5,10H,6H2,1H3,(H2,14,18)(H,15,17)(H,16,19)(H,20,21)/t10-/m0/s1. The SMILES string of the molecule is CC(=O)Nc1ccccc1C(=O)N[C@@H](CC(N)=O)C(=O)O. The minimum absolute atomic E-state index is 0.0865. The van der Waals surface area contributed by atoms with E-state index in [9.17, 15) is 19.2 Å². The smallest absolute Gasteiger partial charge is 0.326 e. The van der Waals surface area contributed by atoms with Gasteiger partial charge in [0.05, 0.1) is 17.7 Å². The van der Waals surface area contributed by atoms with E-state index in [2.05, 4.69) is 10.6 Å². The number of primary amides is 1. The average Bonchev–Trinajstić information content (AvgIpc) is 2.37. The highest BCUT2D eigenvalue weighted by molar-refractivity contribution is 6.04. The number of carbonyl (C=O) groups is 4. The number of benzene rings is 1. The maximum absolute atomic E-state index is 12.1. The molecule has 3 amide bonds. The van der Waals surface area contributed by atoms with Crippen LogP contribution in [0, 0.1) is 0 Å². The van der Waals surface area contributed by atoms with E-state index < -0.39 is 30.2 Å². The number of rotatable bonds is 6. The van der Waals surface area contributed by atoms with Crippen molar-refractivity contribution in [3.8, 4) is 0 Å². The number of aliphatic carboxylic acids is 1. The van der Waals surface area contributed by atoms with Crippen LogP contribution in [0.1, 0.15) is 23.7 Å². The Kier molecular flexibility index (Phi) is 5.41. The molecule has 112 valence electrons. The number of carboxylic acids is 1. The molecule has 5 N–H and O–H groups in total.